The van der Waals surface area contributed by atoms with E-state index in [2.05, 4.69) is 17.6 Å². The Morgan fingerprint density at radius 2 is 1.74 bits per heavy atom. The highest BCUT2D eigenvalue weighted by atomic mass is 16.5. The van der Waals surface area contributed by atoms with Crippen molar-refractivity contribution in [2.75, 3.05) is 18.5 Å². The second-order valence-electron chi connectivity index (χ2n) is 7.68. The summed E-state index contributed by atoms with van der Waals surface area (Å²) in [4.78, 5) is 38.8. The summed E-state index contributed by atoms with van der Waals surface area (Å²) in [5.41, 5.74) is 2.46. The monoisotopic (exact) mass is 429 g/mol. The molecule has 0 bridgehead atoms. The lowest BCUT2D eigenvalue weighted by atomic mass is 9.94. The van der Waals surface area contributed by atoms with E-state index in [1.807, 2.05) is 19.1 Å². The number of rotatable bonds is 11. The van der Waals surface area contributed by atoms with Gasteiger partial charge in [-0.2, -0.15) is 0 Å². The van der Waals surface area contributed by atoms with E-state index in [4.69, 9.17) is 4.74 Å². The van der Waals surface area contributed by atoms with Crippen LogP contribution >= 0.6 is 0 Å². The zero-order valence-corrected chi connectivity index (χ0v) is 19.1. The summed E-state index contributed by atoms with van der Waals surface area (Å²) in [7, 11) is 0. The van der Waals surface area contributed by atoms with E-state index >= 15 is 0 Å². The summed E-state index contributed by atoms with van der Waals surface area (Å²) in [6.07, 6.45) is 6.02. The van der Waals surface area contributed by atoms with Crippen LogP contribution in [0.2, 0.25) is 0 Å². The molecule has 0 fully saturated rings. The SMILES string of the molecule is CCCCCCCC(=O)Nc1ccc(C2NC(=O)N(CC)C(C)=C2C(=O)OCC)cc1. The van der Waals surface area contributed by atoms with E-state index in [1.165, 1.54) is 17.7 Å². The molecule has 1 heterocycles. The number of nitrogens with one attached hydrogen (secondary N) is 2. The molecule has 0 aromatic heterocycles. The van der Waals surface area contributed by atoms with Crippen molar-refractivity contribution < 1.29 is 19.1 Å². The number of ether oxygens (including phenoxy) is 1. The van der Waals surface area contributed by atoms with Crippen LogP contribution in [0.25, 0.3) is 0 Å². The minimum Gasteiger partial charge on any atom is -0.463 e. The molecule has 0 saturated carbocycles. The fourth-order valence-corrected chi connectivity index (χ4v) is 3.76. The quantitative estimate of drug-likeness (QED) is 0.386. The number of urea groups is 1. The van der Waals surface area contributed by atoms with Crippen molar-refractivity contribution in [1.82, 2.24) is 10.2 Å². The van der Waals surface area contributed by atoms with Gasteiger partial charge in [-0.25, -0.2) is 9.59 Å². The van der Waals surface area contributed by atoms with Crippen molar-refractivity contribution in [3.05, 3.63) is 41.1 Å². The Morgan fingerprint density at radius 3 is 2.35 bits per heavy atom. The number of hydrogen-bond donors (Lipinski definition) is 2. The second-order valence-corrected chi connectivity index (χ2v) is 7.68. The molecule has 2 N–H and O–H groups in total. The lowest BCUT2D eigenvalue weighted by molar-refractivity contribution is -0.139. The first-order valence-electron chi connectivity index (χ1n) is 11.3. The first-order valence-corrected chi connectivity index (χ1v) is 11.3. The van der Waals surface area contributed by atoms with Crippen molar-refractivity contribution in [2.24, 2.45) is 0 Å². The van der Waals surface area contributed by atoms with Gasteiger partial charge in [0.05, 0.1) is 18.2 Å². The van der Waals surface area contributed by atoms with Gasteiger partial charge >= 0.3 is 12.0 Å². The first kappa shape index (κ1) is 24.4. The van der Waals surface area contributed by atoms with Gasteiger partial charge in [0.1, 0.15) is 0 Å². The van der Waals surface area contributed by atoms with Gasteiger partial charge in [-0.1, -0.05) is 44.7 Å². The van der Waals surface area contributed by atoms with Crippen LogP contribution in [0, 0.1) is 0 Å². The minimum absolute atomic E-state index is 0.00300. The molecule has 3 amide bonds. The fourth-order valence-electron chi connectivity index (χ4n) is 3.76. The van der Waals surface area contributed by atoms with Crippen molar-refractivity contribution in [1.29, 1.82) is 0 Å². The number of hydrogen-bond acceptors (Lipinski definition) is 4. The largest absolute Gasteiger partial charge is 0.463 e. The maximum atomic E-state index is 12.6. The Labute approximate surface area is 185 Å². The summed E-state index contributed by atoms with van der Waals surface area (Å²) in [5, 5.41) is 5.81. The maximum Gasteiger partial charge on any atom is 0.338 e. The molecule has 1 atom stereocenters. The molecule has 7 nitrogen and oxygen atoms in total. The molecule has 170 valence electrons. The van der Waals surface area contributed by atoms with Gasteiger partial charge in [0, 0.05) is 24.4 Å². The molecule has 0 spiro atoms. The molecule has 1 aliphatic heterocycles. The standard InChI is InChI=1S/C24H35N3O4/c1-5-8-9-10-11-12-20(28)25-19-15-13-18(14-16-19)22-21(23(29)31-7-3)17(4)27(6-2)24(30)26-22/h13-16,22H,5-12H2,1-4H3,(H,25,28)(H,26,30). The van der Waals surface area contributed by atoms with E-state index in [-0.39, 0.29) is 18.5 Å². The van der Waals surface area contributed by atoms with Crippen LogP contribution in [0.3, 0.4) is 0 Å². The number of unbranched alkanes of at least 4 members (excludes halogenated alkanes) is 4. The van der Waals surface area contributed by atoms with Crippen LogP contribution in [-0.4, -0.2) is 36.0 Å². The van der Waals surface area contributed by atoms with Gasteiger partial charge in [-0.15, -0.1) is 0 Å². The number of esters is 1. The normalized spacial score (nSPS) is 16.2. The van der Waals surface area contributed by atoms with Crippen LogP contribution < -0.4 is 10.6 Å². The third-order valence-electron chi connectivity index (χ3n) is 5.44. The molecule has 2 rings (SSSR count). The molecule has 7 heteroatoms. The topological polar surface area (TPSA) is 87.7 Å². The number of allylic oxidation sites excluding steroid dienone is 1. The van der Waals surface area contributed by atoms with Crippen molar-refractivity contribution in [2.45, 2.75) is 72.3 Å². The smallest absolute Gasteiger partial charge is 0.338 e. The van der Waals surface area contributed by atoms with Crippen LogP contribution in [0.5, 0.6) is 0 Å². The summed E-state index contributed by atoms with van der Waals surface area (Å²) in [6.45, 7) is 8.25. The van der Waals surface area contributed by atoms with Gasteiger partial charge < -0.3 is 15.4 Å². The molecule has 1 aliphatic rings. The summed E-state index contributed by atoms with van der Waals surface area (Å²) in [6, 6.07) is 6.36. The molecule has 0 saturated heterocycles. The van der Waals surface area contributed by atoms with Crippen LogP contribution in [-0.2, 0) is 14.3 Å². The second kappa shape index (κ2) is 12.1. The van der Waals surface area contributed by atoms with E-state index in [9.17, 15) is 14.4 Å². The number of nitrogens with zero attached hydrogens (tertiary/aromatic N) is 1. The van der Waals surface area contributed by atoms with E-state index in [1.54, 1.807) is 26.0 Å². The summed E-state index contributed by atoms with van der Waals surface area (Å²) in [5.74, 6) is -0.444. The first-order chi connectivity index (χ1) is 14.9. The highest BCUT2D eigenvalue weighted by molar-refractivity contribution is 5.95. The lowest BCUT2D eigenvalue weighted by Gasteiger charge is -2.34. The average molecular weight is 430 g/mol. The number of carbonyl (C=O) groups is 3. The van der Waals surface area contributed by atoms with E-state index < -0.39 is 12.0 Å². The molecular weight excluding hydrogens is 394 g/mol. The van der Waals surface area contributed by atoms with Gasteiger partial charge in [-0.3, -0.25) is 9.69 Å². The van der Waals surface area contributed by atoms with Crippen LogP contribution in [0.1, 0.15) is 77.8 Å². The zero-order chi connectivity index (χ0) is 22.8. The third kappa shape index (κ3) is 6.57. The van der Waals surface area contributed by atoms with Gasteiger partial charge in [0.2, 0.25) is 5.91 Å². The predicted octanol–water partition coefficient (Wildman–Crippen LogP) is 4.91. The van der Waals surface area contributed by atoms with Crippen molar-refractivity contribution in [3.8, 4) is 0 Å². The molecule has 1 aromatic rings. The van der Waals surface area contributed by atoms with Gasteiger partial charge in [0.15, 0.2) is 0 Å². The Balaban J connectivity index is 2.11. The van der Waals surface area contributed by atoms with Crippen LogP contribution in [0.4, 0.5) is 10.5 Å². The van der Waals surface area contributed by atoms with Crippen molar-refractivity contribution >= 4 is 23.6 Å². The van der Waals surface area contributed by atoms with Gasteiger partial charge in [-0.05, 0) is 44.9 Å². The predicted molar refractivity (Wildman–Crippen MR) is 121 cm³/mol. The molecule has 1 unspecified atom stereocenters. The Hall–Kier alpha value is -2.83. The Morgan fingerprint density at radius 1 is 1.06 bits per heavy atom. The number of amides is 3. The summed E-state index contributed by atoms with van der Waals surface area (Å²) < 4.78 is 5.24. The van der Waals surface area contributed by atoms with E-state index in [0.29, 0.717) is 29.9 Å². The molecule has 0 radical (unpaired) electrons. The number of benzene rings is 1. The fraction of sp³-hybridized carbons (Fsp3) is 0.542. The Kier molecular flexibility index (Phi) is 9.56. The average Bonchev–Trinajstić information content (AvgIpc) is 2.74. The van der Waals surface area contributed by atoms with E-state index in [0.717, 1.165) is 24.8 Å². The minimum atomic E-state index is -0.599. The Bertz CT molecular complexity index is 802. The zero-order valence-electron chi connectivity index (χ0n) is 19.1. The van der Waals surface area contributed by atoms with Crippen molar-refractivity contribution in [3.63, 3.8) is 0 Å². The van der Waals surface area contributed by atoms with Crippen LogP contribution in [0.15, 0.2) is 35.5 Å². The number of carbonyl (C=O) groups excluding carboxylic acids is 3. The van der Waals surface area contributed by atoms with Gasteiger partial charge in [0.25, 0.3) is 0 Å². The summed E-state index contributed by atoms with van der Waals surface area (Å²) >= 11 is 0. The number of anilines is 1. The maximum absolute atomic E-state index is 12.6. The highest BCUT2D eigenvalue weighted by Gasteiger charge is 2.35. The molecule has 1 aromatic carbocycles. The highest BCUT2D eigenvalue weighted by Crippen LogP contribution is 2.31. The lowest BCUT2D eigenvalue weighted by Crippen LogP contribution is -2.47. The molecule has 31 heavy (non-hydrogen) atoms. The molecular formula is C24H35N3O4. The third-order valence-corrected chi connectivity index (χ3v) is 5.44. The molecule has 0 aliphatic carbocycles.